The van der Waals surface area contributed by atoms with Gasteiger partial charge in [0.1, 0.15) is 0 Å². The highest BCUT2D eigenvalue weighted by atomic mass is 15.0. The molecular weight excluding hydrogens is 452 g/mol. The van der Waals surface area contributed by atoms with Gasteiger partial charge in [0.2, 0.25) is 0 Å². The summed E-state index contributed by atoms with van der Waals surface area (Å²) < 4.78 is 0. The monoisotopic (exact) mass is 478 g/mol. The average Bonchev–Trinajstić information content (AvgIpc) is 2.98. The third-order valence-corrected chi connectivity index (χ3v) is 6.68. The first-order valence-electron chi connectivity index (χ1n) is 12.5. The lowest BCUT2D eigenvalue weighted by Crippen LogP contribution is -2.01. The van der Waals surface area contributed by atoms with Gasteiger partial charge >= 0.3 is 0 Å². The van der Waals surface area contributed by atoms with Gasteiger partial charge in [-0.25, -0.2) is 15.0 Å². The minimum atomic E-state index is 0.409. The van der Waals surface area contributed by atoms with Gasteiger partial charge in [-0.05, 0) is 36.6 Å². The number of rotatable bonds is 5. The van der Waals surface area contributed by atoms with Gasteiger partial charge in [0.05, 0.1) is 0 Å². The van der Waals surface area contributed by atoms with Gasteiger partial charge in [0, 0.05) is 40.1 Å². The third-order valence-electron chi connectivity index (χ3n) is 6.68. The summed E-state index contributed by atoms with van der Waals surface area (Å²) in [6.07, 6.45) is 11.5. The van der Waals surface area contributed by atoms with Crippen LogP contribution in [-0.4, -0.2) is 19.9 Å². The summed E-state index contributed by atoms with van der Waals surface area (Å²) in [6.45, 7) is 2.03. The average molecular weight is 479 g/mol. The zero-order valence-electron chi connectivity index (χ0n) is 20.6. The molecule has 2 heterocycles. The van der Waals surface area contributed by atoms with Gasteiger partial charge < -0.3 is 0 Å². The molecule has 1 aliphatic rings. The number of hydrogen-bond donors (Lipinski definition) is 0. The molecule has 1 aliphatic carbocycles. The summed E-state index contributed by atoms with van der Waals surface area (Å²) in [6, 6.07) is 31.0. The molecule has 5 aromatic rings. The van der Waals surface area contributed by atoms with E-state index in [2.05, 4.69) is 77.8 Å². The predicted molar refractivity (Wildman–Crippen MR) is 150 cm³/mol. The molecule has 3 aromatic carbocycles. The minimum absolute atomic E-state index is 0.409. The number of aromatic nitrogens is 4. The minimum Gasteiger partial charge on any atom is -0.261 e. The van der Waals surface area contributed by atoms with E-state index in [-0.39, 0.29) is 0 Å². The van der Waals surface area contributed by atoms with Gasteiger partial charge in [-0.1, -0.05) is 103 Å². The molecule has 0 spiro atoms. The van der Waals surface area contributed by atoms with Crippen molar-refractivity contribution < 1.29 is 0 Å². The van der Waals surface area contributed by atoms with E-state index in [9.17, 15) is 0 Å². The lowest BCUT2D eigenvalue weighted by molar-refractivity contribution is 0.854. The van der Waals surface area contributed by atoms with Crippen LogP contribution in [-0.2, 0) is 0 Å². The molecule has 0 amide bonds. The number of allylic oxidation sites excluding steroid dienone is 4. The van der Waals surface area contributed by atoms with Crippen LogP contribution in [0.2, 0.25) is 0 Å². The van der Waals surface area contributed by atoms with E-state index in [4.69, 9.17) is 15.0 Å². The Kier molecular flexibility index (Phi) is 6.22. The summed E-state index contributed by atoms with van der Waals surface area (Å²) in [4.78, 5) is 19.2. The molecular formula is C33H26N4. The molecule has 0 fully saturated rings. The quantitative estimate of drug-likeness (QED) is 0.258. The molecule has 0 unspecified atom stereocenters. The Labute approximate surface area is 217 Å². The first-order chi connectivity index (χ1) is 18.2. The van der Waals surface area contributed by atoms with E-state index in [1.807, 2.05) is 55.6 Å². The maximum absolute atomic E-state index is 4.94. The summed E-state index contributed by atoms with van der Waals surface area (Å²) in [7, 11) is 0. The van der Waals surface area contributed by atoms with Crippen LogP contribution >= 0.6 is 0 Å². The molecule has 2 aromatic heterocycles. The Morgan fingerprint density at radius 1 is 0.622 bits per heavy atom. The molecule has 0 aliphatic heterocycles. The van der Waals surface area contributed by atoms with E-state index < -0.39 is 0 Å². The Bertz CT molecular complexity index is 1600. The summed E-state index contributed by atoms with van der Waals surface area (Å²) in [5, 5.41) is 0. The molecule has 0 saturated heterocycles. The van der Waals surface area contributed by atoms with Crippen molar-refractivity contribution in [3.05, 3.63) is 133 Å². The van der Waals surface area contributed by atoms with Crippen LogP contribution in [0.3, 0.4) is 0 Å². The second kappa shape index (κ2) is 10.1. The van der Waals surface area contributed by atoms with Crippen LogP contribution in [0.4, 0.5) is 0 Å². The summed E-state index contributed by atoms with van der Waals surface area (Å²) in [5.41, 5.74) is 7.35. The standard InChI is InChI=1S/C33H26N4/c1-23-30(16-9-21-34-23)28-14-8-15-29(22-28)33-36-31(26-12-6-3-7-13-26)35-32(37-33)27-19-17-25(18-20-27)24-10-4-2-5-11-24/h2-10,12-22,24H,11H2,1H3/t24-/m1/s1. The Morgan fingerprint density at radius 2 is 1.30 bits per heavy atom. The molecule has 6 rings (SSSR count). The lowest BCUT2D eigenvalue weighted by atomic mass is 9.92. The topological polar surface area (TPSA) is 51.6 Å². The van der Waals surface area contributed by atoms with Crippen molar-refractivity contribution in [1.82, 2.24) is 19.9 Å². The van der Waals surface area contributed by atoms with Gasteiger partial charge in [-0.3, -0.25) is 4.98 Å². The van der Waals surface area contributed by atoms with Crippen molar-refractivity contribution in [3.8, 4) is 45.3 Å². The van der Waals surface area contributed by atoms with Crippen molar-refractivity contribution in [2.24, 2.45) is 0 Å². The molecule has 178 valence electrons. The third kappa shape index (κ3) is 4.87. The van der Waals surface area contributed by atoms with Crippen LogP contribution < -0.4 is 0 Å². The summed E-state index contributed by atoms with van der Waals surface area (Å²) >= 11 is 0. The fourth-order valence-corrected chi connectivity index (χ4v) is 4.67. The Hall–Kier alpha value is -4.70. The lowest BCUT2D eigenvalue weighted by Gasteiger charge is -2.14. The molecule has 0 bridgehead atoms. The van der Waals surface area contributed by atoms with E-state index in [0.29, 0.717) is 23.4 Å². The van der Waals surface area contributed by atoms with E-state index in [1.54, 1.807) is 0 Å². The van der Waals surface area contributed by atoms with Crippen molar-refractivity contribution in [3.63, 3.8) is 0 Å². The smallest absolute Gasteiger partial charge is 0.164 e. The van der Waals surface area contributed by atoms with Crippen LogP contribution in [0.5, 0.6) is 0 Å². The molecule has 0 saturated carbocycles. The van der Waals surface area contributed by atoms with Gasteiger partial charge in [-0.15, -0.1) is 0 Å². The first-order valence-corrected chi connectivity index (χ1v) is 12.5. The van der Waals surface area contributed by atoms with Crippen molar-refractivity contribution >= 4 is 0 Å². The normalized spacial score (nSPS) is 14.6. The fraction of sp³-hybridized carbons (Fsp3) is 0.0909. The Balaban J connectivity index is 1.43. The van der Waals surface area contributed by atoms with Crippen molar-refractivity contribution in [2.45, 2.75) is 19.3 Å². The first kappa shape index (κ1) is 22.7. The Morgan fingerprint density at radius 3 is 2.00 bits per heavy atom. The largest absolute Gasteiger partial charge is 0.261 e. The number of hydrogen-bond acceptors (Lipinski definition) is 4. The molecule has 0 N–H and O–H groups in total. The van der Waals surface area contributed by atoms with Gasteiger partial charge in [-0.2, -0.15) is 0 Å². The van der Waals surface area contributed by atoms with E-state index >= 15 is 0 Å². The highest BCUT2D eigenvalue weighted by molar-refractivity contribution is 5.73. The summed E-state index contributed by atoms with van der Waals surface area (Å²) in [5.74, 6) is 2.38. The van der Waals surface area contributed by atoms with Crippen molar-refractivity contribution in [1.29, 1.82) is 0 Å². The molecule has 4 nitrogen and oxygen atoms in total. The molecule has 0 radical (unpaired) electrons. The highest BCUT2D eigenvalue weighted by Gasteiger charge is 2.14. The fourth-order valence-electron chi connectivity index (χ4n) is 4.67. The zero-order chi connectivity index (χ0) is 25.0. The van der Waals surface area contributed by atoms with Crippen LogP contribution in [0.15, 0.2) is 121 Å². The van der Waals surface area contributed by atoms with Crippen molar-refractivity contribution in [2.75, 3.05) is 0 Å². The number of benzene rings is 3. The zero-order valence-corrected chi connectivity index (χ0v) is 20.6. The van der Waals surface area contributed by atoms with E-state index in [1.165, 1.54) is 5.56 Å². The molecule has 1 atom stereocenters. The van der Waals surface area contributed by atoms with Crippen LogP contribution in [0.1, 0.15) is 23.6 Å². The molecule has 37 heavy (non-hydrogen) atoms. The maximum atomic E-state index is 4.94. The highest BCUT2D eigenvalue weighted by Crippen LogP contribution is 2.30. The van der Waals surface area contributed by atoms with Crippen LogP contribution in [0, 0.1) is 6.92 Å². The SMILES string of the molecule is Cc1ncccc1-c1cccc(-c2nc(-c3ccccc3)nc(-c3ccc([C@@H]4C=CC=CC4)cc3)n2)c1. The van der Waals surface area contributed by atoms with Gasteiger partial charge in [0.15, 0.2) is 17.5 Å². The van der Waals surface area contributed by atoms with E-state index in [0.717, 1.165) is 39.9 Å². The second-order valence-electron chi connectivity index (χ2n) is 9.17. The number of aryl methyl sites for hydroxylation is 1. The number of nitrogens with zero attached hydrogens (tertiary/aromatic N) is 4. The van der Waals surface area contributed by atoms with Gasteiger partial charge in [0.25, 0.3) is 0 Å². The maximum Gasteiger partial charge on any atom is 0.164 e. The predicted octanol–water partition coefficient (Wildman–Crippen LogP) is 7.84. The molecule has 4 heteroatoms. The number of pyridine rings is 1. The second-order valence-corrected chi connectivity index (χ2v) is 9.17. The van der Waals surface area contributed by atoms with Crippen LogP contribution in [0.25, 0.3) is 45.3 Å².